The molecule has 0 saturated heterocycles. The van der Waals surface area contributed by atoms with Gasteiger partial charge in [-0.1, -0.05) is 18.2 Å². The van der Waals surface area contributed by atoms with Crippen molar-refractivity contribution in [1.82, 2.24) is 10.3 Å². The van der Waals surface area contributed by atoms with E-state index in [2.05, 4.69) is 36.3 Å². The number of fused-ring (bicyclic) bond motifs is 1. The largest absolute Gasteiger partial charge is 0.460 e. The molecule has 0 aliphatic carbocycles. The summed E-state index contributed by atoms with van der Waals surface area (Å²) < 4.78 is 5.78. The Morgan fingerprint density at radius 1 is 1.37 bits per heavy atom. The van der Waals surface area contributed by atoms with Crippen LogP contribution in [0.15, 0.2) is 40.9 Å². The number of rotatable bonds is 4. The van der Waals surface area contributed by atoms with E-state index in [4.69, 9.17) is 4.42 Å². The van der Waals surface area contributed by atoms with E-state index in [0.717, 1.165) is 21.7 Å². The third kappa shape index (κ3) is 2.69. The molecule has 19 heavy (non-hydrogen) atoms. The van der Waals surface area contributed by atoms with Gasteiger partial charge in [0.1, 0.15) is 16.4 Å². The first-order chi connectivity index (χ1) is 9.22. The van der Waals surface area contributed by atoms with Gasteiger partial charge in [-0.15, -0.1) is 11.3 Å². The van der Waals surface area contributed by atoms with Crippen molar-refractivity contribution in [3.05, 3.63) is 52.2 Å². The number of aromatic nitrogens is 1. The van der Waals surface area contributed by atoms with Crippen LogP contribution in [0.4, 0.5) is 0 Å². The van der Waals surface area contributed by atoms with Crippen molar-refractivity contribution < 1.29 is 4.42 Å². The predicted octanol–water partition coefficient (Wildman–Crippen LogP) is 4.05. The summed E-state index contributed by atoms with van der Waals surface area (Å²) in [6.07, 6.45) is 1.92. The van der Waals surface area contributed by atoms with E-state index >= 15 is 0 Å². The highest BCUT2D eigenvalue weighted by atomic mass is 32.1. The number of para-hydroxylation sites is 1. The second-order valence-corrected chi connectivity index (χ2v) is 5.93. The first kappa shape index (κ1) is 12.4. The molecule has 98 valence electrons. The van der Waals surface area contributed by atoms with E-state index < -0.39 is 0 Å². The molecule has 0 aliphatic heterocycles. The molecule has 0 aliphatic rings. The van der Waals surface area contributed by atoms with Crippen molar-refractivity contribution in [2.75, 3.05) is 0 Å². The maximum atomic E-state index is 5.78. The minimum absolute atomic E-state index is 0.243. The van der Waals surface area contributed by atoms with E-state index in [-0.39, 0.29) is 6.04 Å². The molecular formula is C15H16N2OS. The molecule has 2 heterocycles. The zero-order valence-corrected chi connectivity index (χ0v) is 11.8. The Hall–Kier alpha value is -1.65. The van der Waals surface area contributed by atoms with Crippen molar-refractivity contribution in [2.24, 2.45) is 0 Å². The van der Waals surface area contributed by atoms with Gasteiger partial charge in [-0.25, -0.2) is 4.98 Å². The molecule has 0 bridgehead atoms. The first-order valence-electron chi connectivity index (χ1n) is 6.35. The van der Waals surface area contributed by atoms with Gasteiger partial charge in [0.25, 0.3) is 0 Å². The Balaban J connectivity index is 1.68. The van der Waals surface area contributed by atoms with E-state index in [1.54, 1.807) is 11.3 Å². The van der Waals surface area contributed by atoms with Gasteiger partial charge in [-0.2, -0.15) is 0 Å². The Morgan fingerprint density at radius 3 is 2.95 bits per heavy atom. The summed E-state index contributed by atoms with van der Waals surface area (Å²) in [5.41, 5.74) is 0.942. The van der Waals surface area contributed by atoms with Gasteiger partial charge < -0.3 is 9.73 Å². The third-order valence-electron chi connectivity index (χ3n) is 3.07. The lowest BCUT2D eigenvalue weighted by molar-refractivity contribution is 0.481. The highest BCUT2D eigenvalue weighted by Crippen LogP contribution is 2.21. The number of furan rings is 1. The molecule has 0 radical (unpaired) electrons. The van der Waals surface area contributed by atoms with E-state index in [0.29, 0.717) is 6.54 Å². The van der Waals surface area contributed by atoms with Crippen molar-refractivity contribution >= 4 is 22.3 Å². The normalized spacial score (nSPS) is 12.9. The number of hydrogen-bond acceptors (Lipinski definition) is 4. The highest BCUT2D eigenvalue weighted by molar-refractivity contribution is 7.11. The average molecular weight is 272 g/mol. The lowest BCUT2D eigenvalue weighted by Gasteiger charge is -2.09. The number of nitrogens with one attached hydrogen (secondary N) is 1. The number of thiazole rings is 1. The van der Waals surface area contributed by atoms with Crippen LogP contribution in [0.5, 0.6) is 0 Å². The van der Waals surface area contributed by atoms with Crippen LogP contribution < -0.4 is 5.32 Å². The van der Waals surface area contributed by atoms with E-state index in [1.807, 2.05) is 24.4 Å². The molecule has 4 heteroatoms. The van der Waals surface area contributed by atoms with Gasteiger partial charge in [-0.05, 0) is 26.0 Å². The fourth-order valence-corrected chi connectivity index (χ4v) is 2.84. The van der Waals surface area contributed by atoms with Crippen LogP contribution in [0, 0.1) is 6.92 Å². The summed E-state index contributed by atoms with van der Waals surface area (Å²) in [5.74, 6) is 0.960. The summed E-state index contributed by atoms with van der Waals surface area (Å²) in [6, 6.07) is 10.4. The molecule has 1 atom stereocenters. The van der Waals surface area contributed by atoms with E-state index in [1.165, 1.54) is 4.88 Å². The Kier molecular flexibility index (Phi) is 3.36. The Bertz CT molecular complexity index is 653. The average Bonchev–Trinajstić information content (AvgIpc) is 3.01. The van der Waals surface area contributed by atoms with Crippen LogP contribution in [0.2, 0.25) is 0 Å². The van der Waals surface area contributed by atoms with Gasteiger partial charge in [-0.3, -0.25) is 0 Å². The minimum atomic E-state index is 0.243. The summed E-state index contributed by atoms with van der Waals surface area (Å²) in [4.78, 5) is 5.64. The SMILES string of the molecule is Cc1cnc(C(C)NCc2cc3ccccc3o2)s1. The maximum absolute atomic E-state index is 5.78. The third-order valence-corrected chi connectivity index (χ3v) is 4.16. The molecule has 2 aromatic heterocycles. The van der Waals surface area contributed by atoms with Crippen LogP contribution >= 0.6 is 11.3 Å². The maximum Gasteiger partial charge on any atom is 0.134 e. The number of benzene rings is 1. The van der Waals surface area contributed by atoms with Crippen LogP contribution in [0.1, 0.15) is 28.6 Å². The fraction of sp³-hybridized carbons (Fsp3) is 0.267. The first-order valence-corrected chi connectivity index (χ1v) is 7.17. The molecule has 0 fully saturated rings. The molecule has 0 saturated carbocycles. The van der Waals surface area contributed by atoms with Gasteiger partial charge in [0.15, 0.2) is 0 Å². The molecule has 0 spiro atoms. The lowest BCUT2D eigenvalue weighted by atomic mass is 10.2. The van der Waals surface area contributed by atoms with Crippen LogP contribution in [0.3, 0.4) is 0 Å². The molecule has 1 aromatic carbocycles. The van der Waals surface area contributed by atoms with Gasteiger partial charge >= 0.3 is 0 Å². The van der Waals surface area contributed by atoms with Gasteiger partial charge in [0, 0.05) is 16.5 Å². The van der Waals surface area contributed by atoms with Crippen molar-refractivity contribution in [2.45, 2.75) is 26.4 Å². The second-order valence-electron chi connectivity index (χ2n) is 4.66. The summed E-state index contributed by atoms with van der Waals surface area (Å²) in [7, 11) is 0. The topological polar surface area (TPSA) is 38.1 Å². The molecule has 3 rings (SSSR count). The highest BCUT2D eigenvalue weighted by Gasteiger charge is 2.10. The van der Waals surface area contributed by atoms with Crippen molar-refractivity contribution in [1.29, 1.82) is 0 Å². The Morgan fingerprint density at radius 2 is 2.21 bits per heavy atom. The van der Waals surface area contributed by atoms with Crippen LogP contribution in [-0.2, 0) is 6.54 Å². The van der Waals surface area contributed by atoms with Gasteiger partial charge in [0.2, 0.25) is 0 Å². The molecule has 1 unspecified atom stereocenters. The monoisotopic (exact) mass is 272 g/mol. The zero-order valence-electron chi connectivity index (χ0n) is 11.0. The van der Waals surface area contributed by atoms with Crippen LogP contribution in [0.25, 0.3) is 11.0 Å². The number of hydrogen-bond donors (Lipinski definition) is 1. The summed E-state index contributed by atoms with van der Waals surface area (Å²) in [5, 5.41) is 5.71. The molecular weight excluding hydrogens is 256 g/mol. The Labute approximate surface area is 116 Å². The minimum Gasteiger partial charge on any atom is -0.460 e. The second kappa shape index (κ2) is 5.15. The van der Waals surface area contributed by atoms with Crippen molar-refractivity contribution in [3.8, 4) is 0 Å². The number of nitrogens with zero attached hydrogens (tertiary/aromatic N) is 1. The lowest BCUT2D eigenvalue weighted by Crippen LogP contribution is -2.17. The number of aryl methyl sites for hydroxylation is 1. The van der Waals surface area contributed by atoms with Crippen LogP contribution in [-0.4, -0.2) is 4.98 Å². The predicted molar refractivity (Wildman–Crippen MR) is 78.3 cm³/mol. The quantitative estimate of drug-likeness (QED) is 0.778. The van der Waals surface area contributed by atoms with Crippen molar-refractivity contribution in [3.63, 3.8) is 0 Å². The molecule has 3 nitrogen and oxygen atoms in total. The molecule has 0 amide bonds. The molecule has 3 aromatic rings. The van der Waals surface area contributed by atoms with E-state index in [9.17, 15) is 0 Å². The molecule has 1 N–H and O–H groups in total. The van der Waals surface area contributed by atoms with Gasteiger partial charge in [0.05, 0.1) is 12.6 Å². The summed E-state index contributed by atoms with van der Waals surface area (Å²) >= 11 is 1.73. The smallest absolute Gasteiger partial charge is 0.134 e. The standard InChI is InChI=1S/C15H16N2OS/c1-10-8-17-15(19-10)11(2)16-9-13-7-12-5-3-4-6-14(12)18-13/h3-8,11,16H,9H2,1-2H3. The fourth-order valence-electron chi connectivity index (χ4n) is 2.04. The zero-order chi connectivity index (χ0) is 13.2. The summed E-state index contributed by atoms with van der Waals surface area (Å²) in [6.45, 7) is 4.92.